The molecule has 0 aliphatic heterocycles. The molecule has 3 rings (SSSR count). The predicted molar refractivity (Wildman–Crippen MR) is 128 cm³/mol. The Balaban J connectivity index is 1.73. The Kier molecular flexibility index (Phi) is 9.15. The van der Waals surface area contributed by atoms with Gasteiger partial charge in [-0.2, -0.15) is 13.2 Å². The van der Waals surface area contributed by atoms with Crippen LogP contribution in [0.3, 0.4) is 0 Å². The number of halogens is 3. The lowest BCUT2D eigenvalue weighted by atomic mass is 10.1. The highest BCUT2D eigenvalue weighted by molar-refractivity contribution is 7.99. The van der Waals surface area contributed by atoms with Gasteiger partial charge in [0.05, 0.1) is 11.3 Å². The number of unbranched alkanes of at least 4 members (excludes halogenated alkanes) is 1. The fraction of sp³-hybridized carbons (Fsp3) is 0.400. The number of nitrogens with zero attached hydrogens (tertiary/aromatic N) is 3. The van der Waals surface area contributed by atoms with Gasteiger partial charge in [0.2, 0.25) is 5.91 Å². The molecule has 1 aromatic heterocycles. The predicted octanol–water partition coefficient (Wildman–Crippen LogP) is 5.91. The van der Waals surface area contributed by atoms with E-state index < -0.39 is 11.7 Å². The van der Waals surface area contributed by atoms with Crippen molar-refractivity contribution in [2.75, 3.05) is 12.3 Å². The van der Waals surface area contributed by atoms with E-state index in [1.807, 2.05) is 44.2 Å². The summed E-state index contributed by atoms with van der Waals surface area (Å²) in [6, 6.07) is 14.8. The number of alkyl halides is 3. The van der Waals surface area contributed by atoms with E-state index in [0.717, 1.165) is 30.5 Å². The van der Waals surface area contributed by atoms with E-state index >= 15 is 0 Å². The summed E-state index contributed by atoms with van der Waals surface area (Å²) >= 11 is 1.43. The lowest BCUT2D eigenvalue weighted by Gasteiger charge is -2.13. The van der Waals surface area contributed by atoms with Crippen molar-refractivity contribution in [3.05, 3.63) is 71.5 Å². The summed E-state index contributed by atoms with van der Waals surface area (Å²) in [6.45, 7) is 4.75. The third-order valence-corrected chi connectivity index (χ3v) is 6.09. The molecule has 0 atom stereocenters. The topological polar surface area (TPSA) is 59.8 Å². The van der Waals surface area contributed by atoms with Gasteiger partial charge in [-0.15, -0.1) is 10.2 Å². The first kappa shape index (κ1) is 25.8. The van der Waals surface area contributed by atoms with Crippen LogP contribution in [0.15, 0.2) is 59.8 Å². The van der Waals surface area contributed by atoms with Crippen molar-refractivity contribution >= 4 is 17.7 Å². The van der Waals surface area contributed by atoms with Crippen molar-refractivity contribution in [2.24, 2.45) is 5.92 Å². The lowest BCUT2D eigenvalue weighted by molar-refractivity contribution is -0.137. The fourth-order valence-electron chi connectivity index (χ4n) is 3.32. The van der Waals surface area contributed by atoms with Gasteiger partial charge in [-0.05, 0) is 42.5 Å². The SMILES string of the molecule is CC(C)CNC(=O)CCCCSc1nnc(Cc2ccccc2)n1-c1cccc(C(F)(F)F)c1. The first-order valence-corrected chi connectivity index (χ1v) is 12.3. The maximum atomic E-state index is 13.3. The molecule has 9 heteroatoms. The number of amides is 1. The molecule has 0 saturated carbocycles. The van der Waals surface area contributed by atoms with E-state index in [9.17, 15) is 18.0 Å². The summed E-state index contributed by atoms with van der Waals surface area (Å²) in [6.07, 6.45) is -2.03. The molecule has 0 spiro atoms. The summed E-state index contributed by atoms with van der Waals surface area (Å²) in [5, 5.41) is 12.0. The zero-order chi connectivity index (χ0) is 24.6. The maximum Gasteiger partial charge on any atom is 0.416 e. The summed E-state index contributed by atoms with van der Waals surface area (Å²) in [5.41, 5.74) is 0.654. The highest BCUT2D eigenvalue weighted by atomic mass is 32.2. The molecule has 1 heterocycles. The van der Waals surface area contributed by atoms with Crippen molar-refractivity contribution < 1.29 is 18.0 Å². The Labute approximate surface area is 202 Å². The molecule has 0 fully saturated rings. The summed E-state index contributed by atoms with van der Waals surface area (Å²) in [5.74, 6) is 1.70. The quantitative estimate of drug-likeness (QED) is 0.268. The van der Waals surface area contributed by atoms with Gasteiger partial charge >= 0.3 is 6.18 Å². The van der Waals surface area contributed by atoms with E-state index in [-0.39, 0.29) is 5.91 Å². The van der Waals surface area contributed by atoms with Gasteiger partial charge < -0.3 is 5.32 Å². The van der Waals surface area contributed by atoms with E-state index in [4.69, 9.17) is 0 Å². The van der Waals surface area contributed by atoms with Crippen molar-refractivity contribution in [1.82, 2.24) is 20.1 Å². The molecule has 34 heavy (non-hydrogen) atoms. The Morgan fingerprint density at radius 1 is 1.06 bits per heavy atom. The molecule has 0 unspecified atom stereocenters. The number of carbonyl (C=O) groups excluding carboxylic acids is 1. The van der Waals surface area contributed by atoms with E-state index in [1.165, 1.54) is 17.8 Å². The normalized spacial score (nSPS) is 11.7. The van der Waals surface area contributed by atoms with Crippen molar-refractivity contribution in [1.29, 1.82) is 0 Å². The van der Waals surface area contributed by atoms with Crippen LogP contribution in [-0.4, -0.2) is 33.0 Å². The minimum Gasteiger partial charge on any atom is -0.356 e. The summed E-state index contributed by atoms with van der Waals surface area (Å²) < 4.78 is 41.7. The van der Waals surface area contributed by atoms with Crippen LogP contribution in [0.5, 0.6) is 0 Å². The lowest BCUT2D eigenvalue weighted by Crippen LogP contribution is -2.26. The summed E-state index contributed by atoms with van der Waals surface area (Å²) in [7, 11) is 0. The van der Waals surface area contributed by atoms with Crippen LogP contribution in [0.1, 0.15) is 50.1 Å². The number of rotatable bonds is 11. The second-order valence-electron chi connectivity index (χ2n) is 8.45. The van der Waals surface area contributed by atoms with Gasteiger partial charge in [0.1, 0.15) is 5.82 Å². The zero-order valence-corrected chi connectivity index (χ0v) is 20.1. The smallest absolute Gasteiger partial charge is 0.356 e. The van der Waals surface area contributed by atoms with Gasteiger partial charge in [0, 0.05) is 25.1 Å². The molecule has 2 aromatic carbocycles. The number of aromatic nitrogens is 3. The van der Waals surface area contributed by atoms with E-state index in [1.54, 1.807) is 10.6 Å². The molecule has 1 N–H and O–H groups in total. The van der Waals surface area contributed by atoms with Gasteiger partial charge in [0.25, 0.3) is 0 Å². The maximum absolute atomic E-state index is 13.3. The van der Waals surface area contributed by atoms with Crippen molar-refractivity contribution in [2.45, 2.75) is 50.9 Å². The second-order valence-corrected chi connectivity index (χ2v) is 9.51. The van der Waals surface area contributed by atoms with E-state index in [0.29, 0.717) is 47.7 Å². The van der Waals surface area contributed by atoms with Gasteiger partial charge in [-0.3, -0.25) is 9.36 Å². The van der Waals surface area contributed by atoms with Crippen LogP contribution in [0.4, 0.5) is 13.2 Å². The number of hydrogen-bond donors (Lipinski definition) is 1. The third kappa shape index (κ3) is 7.62. The highest BCUT2D eigenvalue weighted by Gasteiger charge is 2.31. The van der Waals surface area contributed by atoms with Gasteiger partial charge in [-0.25, -0.2) is 0 Å². The van der Waals surface area contributed by atoms with Crippen LogP contribution in [0.25, 0.3) is 5.69 Å². The minimum absolute atomic E-state index is 0.0379. The van der Waals surface area contributed by atoms with Crippen LogP contribution < -0.4 is 5.32 Å². The number of hydrogen-bond acceptors (Lipinski definition) is 4. The Bertz CT molecular complexity index is 1070. The first-order chi connectivity index (χ1) is 16.2. The monoisotopic (exact) mass is 490 g/mol. The van der Waals surface area contributed by atoms with Gasteiger partial charge in [-0.1, -0.05) is 62.0 Å². The van der Waals surface area contributed by atoms with Crippen LogP contribution in [-0.2, 0) is 17.4 Å². The van der Waals surface area contributed by atoms with Crippen molar-refractivity contribution in [3.8, 4) is 5.69 Å². The molecule has 0 bridgehead atoms. The molecule has 0 saturated heterocycles. The average molecular weight is 491 g/mol. The molecule has 5 nitrogen and oxygen atoms in total. The fourth-order valence-corrected chi connectivity index (χ4v) is 4.29. The molecule has 0 aliphatic rings. The van der Waals surface area contributed by atoms with E-state index in [2.05, 4.69) is 15.5 Å². The largest absolute Gasteiger partial charge is 0.416 e. The molecule has 0 aliphatic carbocycles. The molecular weight excluding hydrogens is 461 g/mol. The molecule has 1 amide bonds. The standard InChI is InChI=1S/C25H29F3N4OS/c1-18(2)17-29-23(33)13-6-7-14-34-24-31-30-22(15-19-9-4-3-5-10-19)32(24)21-12-8-11-20(16-21)25(26,27)28/h3-5,8-12,16,18H,6-7,13-15,17H2,1-2H3,(H,29,33). The highest BCUT2D eigenvalue weighted by Crippen LogP contribution is 2.32. The van der Waals surface area contributed by atoms with Crippen LogP contribution in [0, 0.1) is 5.92 Å². The van der Waals surface area contributed by atoms with Crippen LogP contribution >= 0.6 is 11.8 Å². The van der Waals surface area contributed by atoms with Crippen LogP contribution in [0.2, 0.25) is 0 Å². The molecule has 0 radical (unpaired) electrons. The first-order valence-electron chi connectivity index (χ1n) is 11.3. The number of benzene rings is 2. The second kappa shape index (κ2) is 12.1. The number of nitrogens with one attached hydrogen (secondary N) is 1. The summed E-state index contributed by atoms with van der Waals surface area (Å²) in [4.78, 5) is 11.9. The minimum atomic E-state index is -4.44. The number of carbonyl (C=O) groups is 1. The Hall–Kier alpha value is -2.81. The molecule has 182 valence electrons. The average Bonchev–Trinajstić information content (AvgIpc) is 3.20. The zero-order valence-electron chi connectivity index (χ0n) is 19.3. The number of thioether (sulfide) groups is 1. The Morgan fingerprint density at radius 3 is 2.53 bits per heavy atom. The van der Waals surface area contributed by atoms with Crippen molar-refractivity contribution in [3.63, 3.8) is 0 Å². The Morgan fingerprint density at radius 2 is 1.82 bits per heavy atom. The molecule has 3 aromatic rings. The third-order valence-electron chi connectivity index (χ3n) is 5.07. The van der Waals surface area contributed by atoms with Gasteiger partial charge in [0.15, 0.2) is 5.16 Å². The molecular formula is C25H29F3N4OS.